The smallest absolute Gasteiger partial charge is 0.00129 e. The second-order valence-corrected chi connectivity index (χ2v) is 2.36. The van der Waals surface area contributed by atoms with E-state index in [0.717, 1.165) is 0 Å². The maximum atomic E-state index is 3.72. The van der Waals surface area contributed by atoms with Crippen LogP contribution in [0.15, 0.2) is 36.9 Å². The molecule has 0 aliphatic carbocycles. The van der Waals surface area contributed by atoms with Gasteiger partial charge in [0.25, 0.3) is 0 Å². The van der Waals surface area contributed by atoms with Gasteiger partial charge in [0.1, 0.15) is 0 Å². The molecule has 0 saturated carbocycles. The Hall–Kier alpha value is -1.04. The van der Waals surface area contributed by atoms with Crippen LogP contribution in [-0.2, 0) is 0 Å². The summed E-state index contributed by atoms with van der Waals surface area (Å²) in [5.41, 5.74) is 1.28. The molecule has 0 saturated heterocycles. The van der Waals surface area contributed by atoms with E-state index in [1.54, 1.807) is 0 Å². The molecule has 1 unspecified atom stereocenters. The van der Waals surface area contributed by atoms with E-state index >= 15 is 0 Å². The molecule has 1 atom stereocenters. The molecule has 0 fully saturated rings. The molecule has 0 heterocycles. The van der Waals surface area contributed by atoms with Crippen LogP contribution >= 0.6 is 0 Å². The first-order valence-electron chi connectivity index (χ1n) is 3.43. The van der Waals surface area contributed by atoms with Crippen molar-refractivity contribution >= 4 is 0 Å². The number of rotatable bonds is 2. The zero-order chi connectivity index (χ0) is 7.40. The first kappa shape index (κ1) is 7.07. The van der Waals surface area contributed by atoms with Gasteiger partial charge in [0.05, 0.1) is 0 Å². The molecule has 0 aliphatic heterocycles. The summed E-state index contributed by atoms with van der Waals surface area (Å²) in [6.07, 6.45) is 1.93. The van der Waals surface area contributed by atoms with Crippen molar-refractivity contribution in [2.45, 2.75) is 12.8 Å². The molecule has 0 nitrogen and oxygen atoms in total. The van der Waals surface area contributed by atoms with E-state index in [4.69, 9.17) is 0 Å². The summed E-state index contributed by atoms with van der Waals surface area (Å²) in [5, 5.41) is 0. The van der Waals surface area contributed by atoms with Crippen LogP contribution in [0, 0.1) is 6.07 Å². The van der Waals surface area contributed by atoms with E-state index in [9.17, 15) is 0 Å². The lowest BCUT2D eigenvalue weighted by molar-refractivity contribution is 0.971. The van der Waals surface area contributed by atoms with Gasteiger partial charge >= 0.3 is 0 Å². The summed E-state index contributed by atoms with van der Waals surface area (Å²) in [6.45, 7) is 5.84. The van der Waals surface area contributed by atoms with Gasteiger partial charge in [0.2, 0.25) is 0 Å². The van der Waals surface area contributed by atoms with Crippen LogP contribution < -0.4 is 0 Å². The summed E-state index contributed by atoms with van der Waals surface area (Å²) in [7, 11) is 0. The lowest BCUT2D eigenvalue weighted by Crippen LogP contribution is -1.85. The van der Waals surface area contributed by atoms with Gasteiger partial charge in [-0.25, -0.2) is 0 Å². The normalized spacial score (nSPS) is 12.5. The van der Waals surface area contributed by atoms with Gasteiger partial charge in [0, 0.05) is 0 Å². The minimum absolute atomic E-state index is 0.442. The lowest BCUT2D eigenvalue weighted by Gasteiger charge is -2.03. The molecule has 51 valence electrons. The van der Waals surface area contributed by atoms with Crippen molar-refractivity contribution in [2.75, 3.05) is 0 Å². The first-order valence-corrected chi connectivity index (χ1v) is 3.43. The van der Waals surface area contributed by atoms with Crippen LogP contribution in [0.2, 0.25) is 0 Å². The average molecular weight is 131 g/mol. The van der Waals surface area contributed by atoms with Crippen molar-refractivity contribution < 1.29 is 0 Å². The summed E-state index contributed by atoms with van der Waals surface area (Å²) < 4.78 is 0. The van der Waals surface area contributed by atoms with Gasteiger partial charge in [-0.1, -0.05) is 37.3 Å². The van der Waals surface area contributed by atoms with Crippen LogP contribution in [-0.4, -0.2) is 0 Å². The first-order chi connectivity index (χ1) is 4.84. The maximum Gasteiger partial charge on any atom is -0.00129 e. The topological polar surface area (TPSA) is 0 Å². The average Bonchev–Trinajstić information content (AvgIpc) is 2.05. The van der Waals surface area contributed by atoms with Crippen molar-refractivity contribution in [3.63, 3.8) is 0 Å². The number of benzene rings is 1. The van der Waals surface area contributed by atoms with Crippen LogP contribution in [0.25, 0.3) is 0 Å². The molecule has 1 aromatic carbocycles. The molecule has 10 heavy (non-hydrogen) atoms. The predicted octanol–water partition coefficient (Wildman–Crippen LogP) is 2.78. The third-order valence-corrected chi connectivity index (χ3v) is 1.61. The van der Waals surface area contributed by atoms with Gasteiger partial charge in [-0.3, -0.25) is 0 Å². The van der Waals surface area contributed by atoms with E-state index in [1.165, 1.54) is 5.56 Å². The Kier molecular flexibility index (Phi) is 2.27. The van der Waals surface area contributed by atoms with E-state index in [-0.39, 0.29) is 0 Å². The minimum atomic E-state index is 0.442. The standard InChI is InChI=1S/C10H11/c1-3-9(2)10-7-5-4-6-8-10/h3-5,7-9H,1H2,2H3. The van der Waals surface area contributed by atoms with Crippen LogP contribution in [0.4, 0.5) is 0 Å². The second-order valence-electron chi connectivity index (χ2n) is 2.36. The zero-order valence-corrected chi connectivity index (χ0v) is 6.17. The fourth-order valence-corrected chi connectivity index (χ4v) is 0.827. The van der Waals surface area contributed by atoms with Crippen LogP contribution in [0.1, 0.15) is 18.4 Å². The molecule has 0 N–H and O–H groups in total. The molecule has 1 aromatic rings. The fourth-order valence-electron chi connectivity index (χ4n) is 0.827. The van der Waals surface area contributed by atoms with Gasteiger partial charge < -0.3 is 0 Å². The highest BCUT2D eigenvalue weighted by Crippen LogP contribution is 2.13. The highest BCUT2D eigenvalue weighted by molar-refractivity contribution is 5.21. The van der Waals surface area contributed by atoms with E-state index in [1.807, 2.05) is 24.3 Å². The van der Waals surface area contributed by atoms with Gasteiger partial charge in [-0.05, 0) is 17.5 Å². The van der Waals surface area contributed by atoms with E-state index < -0.39 is 0 Å². The summed E-state index contributed by atoms with van der Waals surface area (Å²) >= 11 is 0. The van der Waals surface area contributed by atoms with Crippen molar-refractivity contribution in [3.8, 4) is 0 Å². The Morgan fingerprint density at radius 2 is 2.50 bits per heavy atom. The Morgan fingerprint density at radius 3 is 3.00 bits per heavy atom. The van der Waals surface area contributed by atoms with Gasteiger partial charge in [0.15, 0.2) is 0 Å². The van der Waals surface area contributed by atoms with Gasteiger partial charge in [-0.15, -0.1) is 6.58 Å². The van der Waals surface area contributed by atoms with Crippen LogP contribution in [0.5, 0.6) is 0 Å². The van der Waals surface area contributed by atoms with Crippen molar-refractivity contribution in [2.24, 2.45) is 0 Å². The second kappa shape index (κ2) is 3.21. The Bertz CT molecular complexity index is 199. The minimum Gasteiger partial charge on any atom is -0.102 e. The molecule has 0 heteroatoms. The number of hydrogen-bond acceptors (Lipinski definition) is 0. The van der Waals surface area contributed by atoms with Crippen LogP contribution in [0.3, 0.4) is 0 Å². The molecule has 1 rings (SSSR count). The monoisotopic (exact) mass is 131 g/mol. The summed E-state index contributed by atoms with van der Waals surface area (Å²) in [6, 6.07) is 11.0. The summed E-state index contributed by atoms with van der Waals surface area (Å²) in [4.78, 5) is 0. The largest absolute Gasteiger partial charge is 0.102 e. The fraction of sp³-hybridized carbons (Fsp3) is 0.200. The third kappa shape index (κ3) is 1.47. The molecular weight excluding hydrogens is 120 g/mol. The van der Waals surface area contributed by atoms with Crippen molar-refractivity contribution in [1.29, 1.82) is 0 Å². The lowest BCUT2D eigenvalue weighted by atomic mass is 10.0. The summed E-state index contributed by atoms with van der Waals surface area (Å²) in [5.74, 6) is 0.442. The molecule has 0 aromatic heterocycles. The molecule has 1 radical (unpaired) electrons. The number of hydrogen-bond donors (Lipinski definition) is 0. The Balaban J connectivity index is 2.84. The predicted molar refractivity (Wildman–Crippen MR) is 43.9 cm³/mol. The molecule has 0 bridgehead atoms. The zero-order valence-electron chi connectivity index (χ0n) is 6.17. The maximum absolute atomic E-state index is 3.72. The van der Waals surface area contributed by atoms with E-state index in [2.05, 4.69) is 25.6 Å². The van der Waals surface area contributed by atoms with E-state index in [0.29, 0.717) is 5.92 Å². The Morgan fingerprint density at radius 1 is 1.70 bits per heavy atom. The molecule has 0 aliphatic rings. The van der Waals surface area contributed by atoms with Crippen molar-refractivity contribution in [1.82, 2.24) is 0 Å². The number of allylic oxidation sites excluding steroid dienone is 1. The molecule has 0 amide bonds. The van der Waals surface area contributed by atoms with Gasteiger partial charge in [-0.2, -0.15) is 0 Å². The van der Waals surface area contributed by atoms with Crippen molar-refractivity contribution in [3.05, 3.63) is 48.6 Å². The third-order valence-electron chi connectivity index (χ3n) is 1.61. The SMILES string of the molecule is C=CC(C)c1c[c]ccc1. The molecular formula is C10H11. The highest BCUT2D eigenvalue weighted by atomic mass is 14.0. The highest BCUT2D eigenvalue weighted by Gasteiger charge is 1.96. The quantitative estimate of drug-likeness (QED) is 0.541. The molecule has 0 spiro atoms. The Labute approximate surface area is 62.2 Å².